The molecule has 1 aliphatic heterocycles. The van der Waals surface area contributed by atoms with Gasteiger partial charge in [0, 0.05) is 17.5 Å². The Morgan fingerprint density at radius 3 is 2.62 bits per heavy atom. The molecule has 0 radical (unpaired) electrons. The molecule has 4 nitrogen and oxygen atoms in total. The zero-order chi connectivity index (χ0) is 15.6. The second-order valence-electron chi connectivity index (χ2n) is 6.41. The molecule has 1 fully saturated rings. The van der Waals surface area contributed by atoms with Crippen molar-refractivity contribution in [2.45, 2.75) is 44.8 Å². The number of aliphatic hydroxyl groups excluding tert-OH is 1. The van der Waals surface area contributed by atoms with Crippen LogP contribution < -0.4 is 0 Å². The first-order valence-electron chi connectivity index (χ1n) is 7.18. The SMILES string of the molecule is CC(C)(C)OC(=O)N1CC[C@@H](c2ccccc2Cl)[C@H](O)C1. The lowest BCUT2D eigenvalue weighted by Gasteiger charge is -2.37. The van der Waals surface area contributed by atoms with Gasteiger partial charge in [-0.05, 0) is 38.8 Å². The van der Waals surface area contributed by atoms with E-state index in [-0.39, 0.29) is 18.6 Å². The standard InChI is InChI=1S/C16H22ClNO3/c1-16(2,3)21-15(20)18-9-8-12(14(19)10-18)11-6-4-5-7-13(11)17/h4-7,12,14,19H,8-10H2,1-3H3/t12-,14+/m0/s1. The first-order valence-corrected chi connectivity index (χ1v) is 7.56. The van der Waals surface area contributed by atoms with E-state index in [1.54, 1.807) is 4.90 Å². The van der Waals surface area contributed by atoms with Gasteiger partial charge in [-0.25, -0.2) is 4.79 Å². The molecule has 0 saturated carbocycles. The van der Waals surface area contributed by atoms with E-state index < -0.39 is 11.7 Å². The van der Waals surface area contributed by atoms with Crippen molar-refractivity contribution in [2.75, 3.05) is 13.1 Å². The summed E-state index contributed by atoms with van der Waals surface area (Å²) in [6.07, 6.45) is -0.338. The number of hydrogen-bond donors (Lipinski definition) is 1. The van der Waals surface area contributed by atoms with Gasteiger partial charge in [0.05, 0.1) is 12.6 Å². The van der Waals surface area contributed by atoms with Crippen molar-refractivity contribution in [3.8, 4) is 0 Å². The summed E-state index contributed by atoms with van der Waals surface area (Å²) in [5.41, 5.74) is 0.414. The van der Waals surface area contributed by atoms with Crippen LogP contribution in [0.5, 0.6) is 0 Å². The molecule has 0 aliphatic carbocycles. The monoisotopic (exact) mass is 311 g/mol. The van der Waals surface area contributed by atoms with Crippen LogP contribution in [0.1, 0.15) is 38.7 Å². The van der Waals surface area contributed by atoms with Crippen LogP contribution in [-0.2, 0) is 4.74 Å². The minimum atomic E-state index is -0.633. The average Bonchev–Trinajstić information content (AvgIpc) is 2.38. The van der Waals surface area contributed by atoms with E-state index in [1.165, 1.54) is 0 Å². The third-order valence-corrected chi connectivity index (χ3v) is 3.88. The van der Waals surface area contributed by atoms with Crippen LogP contribution in [0.4, 0.5) is 4.79 Å². The number of carbonyl (C=O) groups excluding carboxylic acids is 1. The molecule has 1 aromatic rings. The normalized spacial score (nSPS) is 23.0. The predicted molar refractivity (Wildman–Crippen MR) is 82.6 cm³/mol. The van der Waals surface area contributed by atoms with Crippen molar-refractivity contribution >= 4 is 17.7 Å². The van der Waals surface area contributed by atoms with Crippen LogP contribution in [0.15, 0.2) is 24.3 Å². The third-order valence-electron chi connectivity index (χ3n) is 3.54. The summed E-state index contributed by atoms with van der Waals surface area (Å²) in [4.78, 5) is 13.6. The number of piperidine rings is 1. The Morgan fingerprint density at radius 2 is 2.05 bits per heavy atom. The first kappa shape index (κ1) is 16.1. The maximum atomic E-state index is 12.0. The zero-order valence-electron chi connectivity index (χ0n) is 12.7. The van der Waals surface area contributed by atoms with Gasteiger partial charge in [-0.3, -0.25) is 0 Å². The lowest BCUT2D eigenvalue weighted by molar-refractivity contribution is -0.00150. The molecule has 0 bridgehead atoms. The minimum absolute atomic E-state index is 0.0441. The first-order chi connectivity index (χ1) is 9.78. The lowest BCUT2D eigenvalue weighted by Crippen LogP contribution is -2.47. The smallest absolute Gasteiger partial charge is 0.410 e. The molecule has 1 amide bonds. The number of likely N-dealkylation sites (tertiary alicyclic amines) is 1. The zero-order valence-corrected chi connectivity index (χ0v) is 13.4. The van der Waals surface area contributed by atoms with Gasteiger partial charge in [0.2, 0.25) is 0 Å². The van der Waals surface area contributed by atoms with Crippen LogP contribution in [0, 0.1) is 0 Å². The molecule has 116 valence electrons. The van der Waals surface area contributed by atoms with Gasteiger partial charge < -0.3 is 14.7 Å². The van der Waals surface area contributed by atoms with E-state index in [9.17, 15) is 9.90 Å². The molecular formula is C16H22ClNO3. The Hall–Kier alpha value is -1.26. The lowest BCUT2D eigenvalue weighted by atomic mass is 9.87. The van der Waals surface area contributed by atoms with E-state index in [2.05, 4.69) is 0 Å². The highest BCUT2D eigenvalue weighted by Gasteiger charge is 2.33. The van der Waals surface area contributed by atoms with Gasteiger partial charge in [-0.2, -0.15) is 0 Å². The summed E-state index contributed by atoms with van der Waals surface area (Å²) in [6.45, 7) is 6.32. The number of ether oxygens (including phenoxy) is 1. The van der Waals surface area contributed by atoms with Crippen molar-refractivity contribution < 1.29 is 14.6 Å². The van der Waals surface area contributed by atoms with Gasteiger partial charge in [0.1, 0.15) is 5.60 Å². The number of carbonyl (C=O) groups is 1. The van der Waals surface area contributed by atoms with Crippen LogP contribution in [-0.4, -0.2) is 40.9 Å². The molecule has 0 aromatic heterocycles. The van der Waals surface area contributed by atoms with Gasteiger partial charge >= 0.3 is 6.09 Å². The Balaban J connectivity index is 2.03. The number of aliphatic hydroxyl groups is 1. The quantitative estimate of drug-likeness (QED) is 0.864. The number of halogens is 1. The van der Waals surface area contributed by atoms with Crippen molar-refractivity contribution in [1.82, 2.24) is 4.90 Å². The highest BCUT2D eigenvalue weighted by Crippen LogP contribution is 2.33. The molecule has 21 heavy (non-hydrogen) atoms. The molecule has 2 atom stereocenters. The summed E-state index contributed by atoms with van der Waals surface area (Å²) in [7, 11) is 0. The van der Waals surface area contributed by atoms with Gasteiger partial charge in [0.15, 0.2) is 0 Å². The van der Waals surface area contributed by atoms with Crippen molar-refractivity contribution in [3.05, 3.63) is 34.9 Å². The Bertz CT molecular complexity index is 512. The van der Waals surface area contributed by atoms with Crippen LogP contribution in [0.25, 0.3) is 0 Å². The minimum Gasteiger partial charge on any atom is -0.444 e. The van der Waals surface area contributed by atoms with Crippen LogP contribution in [0.3, 0.4) is 0 Å². The highest BCUT2D eigenvalue weighted by molar-refractivity contribution is 6.31. The Morgan fingerprint density at radius 1 is 1.38 bits per heavy atom. The number of β-amino-alcohol motifs (C(OH)–C–C–N with tert-alkyl or cyclic N) is 1. The topological polar surface area (TPSA) is 49.8 Å². The largest absolute Gasteiger partial charge is 0.444 e. The Labute approximate surface area is 130 Å². The Kier molecular flexibility index (Phi) is 4.79. The molecule has 1 aromatic carbocycles. The van der Waals surface area contributed by atoms with Crippen molar-refractivity contribution in [1.29, 1.82) is 0 Å². The van der Waals surface area contributed by atoms with Crippen LogP contribution in [0.2, 0.25) is 5.02 Å². The number of benzene rings is 1. The highest BCUT2D eigenvalue weighted by atomic mass is 35.5. The van der Waals surface area contributed by atoms with Crippen LogP contribution >= 0.6 is 11.6 Å². The number of nitrogens with zero attached hydrogens (tertiary/aromatic N) is 1. The molecule has 5 heteroatoms. The van der Waals surface area contributed by atoms with Crippen molar-refractivity contribution in [3.63, 3.8) is 0 Å². The second kappa shape index (κ2) is 6.24. The molecule has 2 rings (SSSR count). The molecule has 1 aliphatic rings. The second-order valence-corrected chi connectivity index (χ2v) is 6.82. The average molecular weight is 312 g/mol. The summed E-state index contributed by atoms with van der Waals surface area (Å²) in [6, 6.07) is 7.53. The molecule has 1 saturated heterocycles. The summed E-state index contributed by atoms with van der Waals surface area (Å²) < 4.78 is 5.34. The number of rotatable bonds is 1. The molecule has 1 heterocycles. The molecule has 1 N–H and O–H groups in total. The van der Waals surface area contributed by atoms with Gasteiger partial charge in [0.25, 0.3) is 0 Å². The summed E-state index contributed by atoms with van der Waals surface area (Å²) >= 11 is 6.19. The van der Waals surface area contributed by atoms with E-state index in [1.807, 2.05) is 45.0 Å². The van der Waals surface area contributed by atoms with E-state index >= 15 is 0 Å². The maximum absolute atomic E-state index is 12.0. The third kappa shape index (κ3) is 4.11. The summed E-state index contributed by atoms with van der Waals surface area (Å²) in [5, 5.41) is 11.0. The molecule has 0 unspecified atom stereocenters. The predicted octanol–water partition coefficient (Wildman–Crippen LogP) is 3.43. The fraction of sp³-hybridized carbons (Fsp3) is 0.562. The molecular weight excluding hydrogens is 290 g/mol. The van der Waals surface area contributed by atoms with E-state index in [4.69, 9.17) is 16.3 Å². The fourth-order valence-corrected chi connectivity index (χ4v) is 2.84. The maximum Gasteiger partial charge on any atom is 0.410 e. The number of hydrogen-bond acceptors (Lipinski definition) is 3. The van der Waals surface area contributed by atoms with E-state index in [0.29, 0.717) is 18.0 Å². The van der Waals surface area contributed by atoms with Gasteiger partial charge in [-0.1, -0.05) is 29.8 Å². The number of amides is 1. The van der Waals surface area contributed by atoms with Crippen molar-refractivity contribution in [2.24, 2.45) is 0 Å². The summed E-state index contributed by atoms with van der Waals surface area (Å²) in [5.74, 6) is -0.0441. The van der Waals surface area contributed by atoms with E-state index in [0.717, 1.165) is 5.56 Å². The van der Waals surface area contributed by atoms with Gasteiger partial charge in [-0.15, -0.1) is 0 Å². The molecule has 0 spiro atoms. The fourth-order valence-electron chi connectivity index (χ4n) is 2.56.